The van der Waals surface area contributed by atoms with E-state index >= 15 is 0 Å². The second kappa shape index (κ2) is 10.2. The first kappa shape index (κ1) is 22.4. The van der Waals surface area contributed by atoms with Gasteiger partial charge in [0.2, 0.25) is 10.0 Å². The number of sulfonamides is 1. The second-order valence-electron chi connectivity index (χ2n) is 8.00. The molecule has 0 aromatic heterocycles. The van der Waals surface area contributed by atoms with Crippen LogP contribution in [0.4, 0.5) is 4.39 Å². The molecule has 0 N–H and O–H groups in total. The van der Waals surface area contributed by atoms with Gasteiger partial charge in [-0.1, -0.05) is 60.7 Å². The predicted molar refractivity (Wildman–Crippen MR) is 126 cm³/mol. The zero-order valence-corrected chi connectivity index (χ0v) is 18.7. The summed E-state index contributed by atoms with van der Waals surface area (Å²) in [4.78, 5) is 5.24. The molecular formula is C26H27FN2O2S. The van der Waals surface area contributed by atoms with Crippen molar-refractivity contribution in [3.05, 3.63) is 102 Å². The molecule has 0 saturated carbocycles. The molecule has 0 bridgehead atoms. The number of hydrogen-bond donors (Lipinski definition) is 0. The normalized spacial score (nSPS) is 16.2. The van der Waals surface area contributed by atoms with Crippen molar-refractivity contribution in [2.24, 2.45) is 10.9 Å². The maximum Gasteiger partial charge on any atom is 0.243 e. The van der Waals surface area contributed by atoms with Crippen molar-refractivity contribution in [2.45, 2.75) is 24.2 Å². The van der Waals surface area contributed by atoms with E-state index in [1.165, 1.54) is 17.7 Å². The highest BCUT2D eigenvalue weighted by atomic mass is 32.2. The van der Waals surface area contributed by atoms with Crippen LogP contribution in [-0.2, 0) is 16.4 Å². The smallest absolute Gasteiger partial charge is 0.243 e. The van der Waals surface area contributed by atoms with E-state index in [0.29, 0.717) is 37.4 Å². The van der Waals surface area contributed by atoms with Crippen molar-refractivity contribution in [2.75, 3.05) is 19.6 Å². The number of halogens is 1. The Morgan fingerprint density at radius 3 is 2.09 bits per heavy atom. The summed E-state index contributed by atoms with van der Waals surface area (Å²) in [6.07, 6.45) is 2.20. The molecule has 1 aliphatic rings. The number of piperidine rings is 1. The van der Waals surface area contributed by atoms with Crippen LogP contribution in [0.1, 0.15) is 24.0 Å². The van der Waals surface area contributed by atoms with Crippen molar-refractivity contribution in [1.29, 1.82) is 0 Å². The molecule has 32 heavy (non-hydrogen) atoms. The van der Waals surface area contributed by atoms with Gasteiger partial charge in [0.25, 0.3) is 0 Å². The minimum atomic E-state index is -3.49. The third-order valence-corrected chi connectivity index (χ3v) is 7.80. The zero-order valence-electron chi connectivity index (χ0n) is 17.9. The molecule has 0 atom stereocenters. The van der Waals surface area contributed by atoms with Crippen molar-refractivity contribution >= 4 is 15.7 Å². The van der Waals surface area contributed by atoms with Crippen LogP contribution in [0.2, 0.25) is 0 Å². The predicted octanol–water partition coefficient (Wildman–Crippen LogP) is 4.96. The lowest BCUT2D eigenvalue weighted by molar-refractivity contribution is 0.316. The highest BCUT2D eigenvalue weighted by molar-refractivity contribution is 7.89. The third-order valence-electron chi connectivity index (χ3n) is 5.89. The molecule has 166 valence electrons. The van der Waals surface area contributed by atoms with Gasteiger partial charge in [0.15, 0.2) is 0 Å². The van der Waals surface area contributed by atoms with Gasteiger partial charge in [-0.05, 0) is 54.7 Å². The van der Waals surface area contributed by atoms with Gasteiger partial charge >= 0.3 is 0 Å². The van der Waals surface area contributed by atoms with Gasteiger partial charge < -0.3 is 0 Å². The number of benzene rings is 3. The number of aliphatic imine (C=N–C) groups is 1. The average molecular weight is 451 g/mol. The second-order valence-corrected chi connectivity index (χ2v) is 9.94. The SMILES string of the molecule is O=S(=O)(c1ccccc1)N1CCC(C(=NCCc2ccccc2)c2ccc(F)cc2)CC1. The summed E-state index contributed by atoms with van der Waals surface area (Å²) in [5.41, 5.74) is 3.07. The van der Waals surface area contributed by atoms with E-state index in [4.69, 9.17) is 4.99 Å². The monoisotopic (exact) mass is 450 g/mol. The first-order valence-electron chi connectivity index (χ1n) is 10.9. The molecule has 0 spiro atoms. The van der Waals surface area contributed by atoms with Crippen molar-refractivity contribution in [3.63, 3.8) is 0 Å². The van der Waals surface area contributed by atoms with Crippen LogP contribution in [0.15, 0.2) is 94.8 Å². The molecule has 4 nitrogen and oxygen atoms in total. The Bertz CT molecular complexity index is 1140. The average Bonchev–Trinajstić information content (AvgIpc) is 2.84. The van der Waals surface area contributed by atoms with Crippen LogP contribution >= 0.6 is 0 Å². The van der Waals surface area contributed by atoms with Crippen molar-refractivity contribution < 1.29 is 12.8 Å². The molecule has 1 aliphatic heterocycles. The van der Waals surface area contributed by atoms with Crippen LogP contribution in [0.25, 0.3) is 0 Å². The van der Waals surface area contributed by atoms with Gasteiger partial charge in [-0.25, -0.2) is 12.8 Å². The van der Waals surface area contributed by atoms with Gasteiger partial charge in [0.1, 0.15) is 5.82 Å². The Labute approximate surface area is 189 Å². The zero-order chi connectivity index (χ0) is 22.4. The summed E-state index contributed by atoms with van der Waals surface area (Å²) in [6, 6.07) is 25.2. The molecule has 3 aromatic rings. The van der Waals surface area contributed by atoms with Gasteiger partial charge in [0, 0.05) is 31.3 Å². The molecule has 1 heterocycles. The van der Waals surface area contributed by atoms with Gasteiger partial charge in [-0.3, -0.25) is 4.99 Å². The molecule has 6 heteroatoms. The Morgan fingerprint density at radius 2 is 1.47 bits per heavy atom. The van der Waals surface area contributed by atoms with Crippen LogP contribution < -0.4 is 0 Å². The maximum atomic E-state index is 13.5. The number of nitrogens with zero attached hydrogens (tertiary/aromatic N) is 2. The number of hydrogen-bond acceptors (Lipinski definition) is 3. The minimum Gasteiger partial charge on any atom is -0.289 e. The van der Waals surface area contributed by atoms with E-state index in [1.807, 2.05) is 24.3 Å². The van der Waals surface area contributed by atoms with E-state index in [2.05, 4.69) is 12.1 Å². The van der Waals surface area contributed by atoms with E-state index in [1.54, 1.807) is 40.7 Å². The lowest BCUT2D eigenvalue weighted by atomic mass is 9.88. The minimum absolute atomic E-state index is 0.137. The van der Waals surface area contributed by atoms with E-state index in [9.17, 15) is 12.8 Å². The molecule has 1 saturated heterocycles. The van der Waals surface area contributed by atoms with Crippen LogP contribution in [-0.4, -0.2) is 38.1 Å². The van der Waals surface area contributed by atoms with Crippen molar-refractivity contribution in [3.8, 4) is 0 Å². The van der Waals surface area contributed by atoms with Crippen molar-refractivity contribution in [1.82, 2.24) is 4.31 Å². The lowest BCUT2D eigenvalue weighted by Gasteiger charge is -2.32. The van der Waals surface area contributed by atoms with Crippen LogP contribution in [0.5, 0.6) is 0 Å². The van der Waals surface area contributed by atoms with Gasteiger partial charge in [-0.15, -0.1) is 0 Å². The highest BCUT2D eigenvalue weighted by Gasteiger charge is 2.31. The molecule has 0 amide bonds. The largest absolute Gasteiger partial charge is 0.289 e. The van der Waals surface area contributed by atoms with E-state index in [0.717, 1.165) is 17.7 Å². The molecule has 3 aromatic carbocycles. The fourth-order valence-electron chi connectivity index (χ4n) is 4.14. The highest BCUT2D eigenvalue weighted by Crippen LogP contribution is 2.27. The summed E-state index contributed by atoms with van der Waals surface area (Å²) in [5, 5.41) is 0. The quantitative estimate of drug-likeness (QED) is 0.478. The first-order chi connectivity index (χ1) is 15.5. The molecule has 0 aliphatic carbocycles. The van der Waals surface area contributed by atoms with E-state index < -0.39 is 10.0 Å². The molecular weight excluding hydrogens is 423 g/mol. The standard InChI is InChI=1S/C26H27FN2O2S/c27-24-13-11-22(12-14-24)26(28-18-15-21-7-3-1-4-8-21)23-16-19-29(20-17-23)32(30,31)25-9-5-2-6-10-25/h1-14,23H,15-20H2. The van der Waals surface area contributed by atoms with Crippen LogP contribution in [0.3, 0.4) is 0 Å². The summed E-state index contributed by atoms with van der Waals surface area (Å²) < 4.78 is 41.0. The van der Waals surface area contributed by atoms with Crippen LogP contribution in [0, 0.1) is 11.7 Å². The fraction of sp³-hybridized carbons (Fsp3) is 0.269. The summed E-state index contributed by atoms with van der Waals surface area (Å²) in [5.74, 6) is -0.139. The van der Waals surface area contributed by atoms with E-state index in [-0.39, 0.29) is 11.7 Å². The molecule has 4 rings (SSSR count). The van der Waals surface area contributed by atoms with Gasteiger partial charge in [-0.2, -0.15) is 4.31 Å². The topological polar surface area (TPSA) is 49.7 Å². The fourth-order valence-corrected chi connectivity index (χ4v) is 5.63. The Balaban J connectivity index is 1.49. The summed E-state index contributed by atoms with van der Waals surface area (Å²) >= 11 is 0. The Kier molecular flexibility index (Phi) is 7.12. The maximum absolute atomic E-state index is 13.5. The lowest BCUT2D eigenvalue weighted by Crippen LogP contribution is -2.40. The Morgan fingerprint density at radius 1 is 0.875 bits per heavy atom. The summed E-state index contributed by atoms with van der Waals surface area (Å²) in [6.45, 7) is 1.53. The van der Waals surface area contributed by atoms with Gasteiger partial charge in [0.05, 0.1) is 4.90 Å². The number of rotatable bonds is 7. The molecule has 0 radical (unpaired) electrons. The molecule has 0 unspecified atom stereocenters. The Hall–Kier alpha value is -2.83. The third kappa shape index (κ3) is 5.31. The first-order valence-corrected chi connectivity index (χ1v) is 12.4. The molecule has 1 fully saturated rings. The summed E-state index contributed by atoms with van der Waals surface area (Å²) in [7, 11) is -3.49.